The predicted octanol–water partition coefficient (Wildman–Crippen LogP) is 3.33. The zero-order valence-electron chi connectivity index (χ0n) is 13.0. The van der Waals surface area contributed by atoms with Gasteiger partial charge in [0, 0.05) is 11.9 Å². The van der Waals surface area contributed by atoms with Gasteiger partial charge in [0.25, 0.3) is 5.91 Å². The minimum atomic E-state index is -0.249. The van der Waals surface area contributed by atoms with E-state index in [1.165, 1.54) is 0 Å². The zero-order chi connectivity index (χ0) is 16.4. The molecular formula is C18H16N4O. The van der Waals surface area contributed by atoms with Gasteiger partial charge in [-0.2, -0.15) is 5.26 Å². The molecule has 0 aliphatic carbocycles. The molecule has 0 atom stereocenters. The first kappa shape index (κ1) is 14.8. The van der Waals surface area contributed by atoms with E-state index in [1.807, 2.05) is 17.4 Å². The number of nitriles is 1. The Morgan fingerprint density at radius 3 is 2.83 bits per heavy atom. The van der Waals surface area contributed by atoms with Crippen LogP contribution in [0.5, 0.6) is 0 Å². The van der Waals surface area contributed by atoms with Crippen molar-refractivity contribution >= 4 is 17.2 Å². The van der Waals surface area contributed by atoms with Crippen molar-refractivity contribution in [3.8, 4) is 6.07 Å². The molecule has 0 aliphatic rings. The molecule has 114 valence electrons. The standard InChI is InChI=1S/C18H16N4O/c1-3-15-12(2)22-11-14(8-9-17(22)20-15)18(23)21-16-7-5-4-6-13(16)10-19/h4-9,11H,3H2,1-2H3,(H,21,23). The summed E-state index contributed by atoms with van der Waals surface area (Å²) in [6.07, 6.45) is 2.63. The summed E-state index contributed by atoms with van der Waals surface area (Å²) in [5.74, 6) is -0.249. The summed E-state index contributed by atoms with van der Waals surface area (Å²) in [5.41, 5.74) is 4.36. The molecule has 0 fully saturated rings. The molecule has 2 aromatic heterocycles. The van der Waals surface area contributed by atoms with Gasteiger partial charge in [-0.05, 0) is 37.6 Å². The number of imidazole rings is 1. The van der Waals surface area contributed by atoms with Crippen LogP contribution in [0.25, 0.3) is 5.65 Å². The van der Waals surface area contributed by atoms with Crippen molar-refractivity contribution in [3.05, 3.63) is 65.1 Å². The fraction of sp³-hybridized carbons (Fsp3) is 0.167. The lowest BCUT2D eigenvalue weighted by Gasteiger charge is -2.07. The van der Waals surface area contributed by atoms with Gasteiger partial charge in [0.05, 0.1) is 22.5 Å². The number of fused-ring (bicyclic) bond motifs is 1. The quantitative estimate of drug-likeness (QED) is 0.807. The second kappa shape index (κ2) is 5.93. The van der Waals surface area contributed by atoms with E-state index < -0.39 is 0 Å². The highest BCUT2D eigenvalue weighted by atomic mass is 16.1. The third kappa shape index (κ3) is 2.67. The van der Waals surface area contributed by atoms with Crippen LogP contribution in [0.15, 0.2) is 42.6 Å². The number of amides is 1. The van der Waals surface area contributed by atoms with E-state index in [1.54, 1.807) is 36.5 Å². The number of pyridine rings is 1. The Bertz CT molecular complexity index is 934. The average molecular weight is 304 g/mol. The number of nitrogens with one attached hydrogen (secondary N) is 1. The third-order valence-electron chi connectivity index (χ3n) is 3.85. The monoisotopic (exact) mass is 304 g/mol. The number of carbonyl (C=O) groups excluding carboxylic acids is 1. The Kier molecular flexibility index (Phi) is 3.82. The number of aromatic nitrogens is 2. The second-order valence-corrected chi connectivity index (χ2v) is 5.25. The van der Waals surface area contributed by atoms with E-state index in [4.69, 9.17) is 5.26 Å². The maximum Gasteiger partial charge on any atom is 0.257 e. The number of para-hydroxylation sites is 1. The van der Waals surface area contributed by atoms with Gasteiger partial charge in [0.2, 0.25) is 0 Å². The van der Waals surface area contributed by atoms with Crippen LogP contribution in [0.4, 0.5) is 5.69 Å². The van der Waals surface area contributed by atoms with E-state index >= 15 is 0 Å². The van der Waals surface area contributed by atoms with Gasteiger partial charge >= 0.3 is 0 Å². The van der Waals surface area contributed by atoms with Crippen LogP contribution in [0.1, 0.15) is 34.2 Å². The van der Waals surface area contributed by atoms with Gasteiger partial charge in [-0.25, -0.2) is 4.98 Å². The molecule has 23 heavy (non-hydrogen) atoms. The molecule has 0 radical (unpaired) electrons. The molecule has 5 heteroatoms. The van der Waals surface area contributed by atoms with E-state index in [2.05, 4.69) is 23.3 Å². The smallest absolute Gasteiger partial charge is 0.257 e. The van der Waals surface area contributed by atoms with Crippen LogP contribution in [-0.2, 0) is 6.42 Å². The van der Waals surface area contributed by atoms with Gasteiger partial charge in [0.15, 0.2) is 0 Å². The van der Waals surface area contributed by atoms with Gasteiger partial charge in [-0.1, -0.05) is 19.1 Å². The van der Waals surface area contributed by atoms with Crippen molar-refractivity contribution in [2.75, 3.05) is 5.32 Å². The molecule has 1 N–H and O–H groups in total. The van der Waals surface area contributed by atoms with Crippen molar-refractivity contribution < 1.29 is 4.79 Å². The first-order valence-electron chi connectivity index (χ1n) is 7.42. The summed E-state index contributed by atoms with van der Waals surface area (Å²) in [6.45, 7) is 4.05. The number of hydrogen-bond donors (Lipinski definition) is 1. The summed E-state index contributed by atoms with van der Waals surface area (Å²) in [7, 11) is 0. The topological polar surface area (TPSA) is 70.2 Å². The molecule has 0 saturated carbocycles. The Morgan fingerprint density at radius 2 is 2.09 bits per heavy atom. The van der Waals surface area contributed by atoms with Crippen molar-refractivity contribution in [2.45, 2.75) is 20.3 Å². The molecule has 3 aromatic rings. The van der Waals surface area contributed by atoms with Crippen molar-refractivity contribution in [1.29, 1.82) is 5.26 Å². The minimum Gasteiger partial charge on any atom is -0.321 e. The van der Waals surface area contributed by atoms with Crippen molar-refractivity contribution in [2.24, 2.45) is 0 Å². The highest BCUT2D eigenvalue weighted by molar-refractivity contribution is 6.04. The number of carbonyl (C=O) groups is 1. The van der Waals surface area contributed by atoms with Gasteiger partial charge in [0.1, 0.15) is 11.7 Å². The number of aryl methyl sites for hydroxylation is 2. The zero-order valence-corrected chi connectivity index (χ0v) is 13.0. The molecule has 1 amide bonds. The lowest BCUT2D eigenvalue weighted by Crippen LogP contribution is -2.13. The first-order chi connectivity index (χ1) is 11.1. The van der Waals surface area contributed by atoms with E-state index in [0.29, 0.717) is 16.8 Å². The van der Waals surface area contributed by atoms with E-state index in [-0.39, 0.29) is 5.91 Å². The lowest BCUT2D eigenvalue weighted by atomic mass is 10.2. The van der Waals surface area contributed by atoms with Crippen molar-refractivity contribution in [1.82, 2.24) is 9.38 Å². The van der Waals surface area contributed by atoms with Crippen molar-refractivity contribution in [3.63, 3.8) is 0 Å². The molecule has 0 unspecified atom stereocenters. The maximum atomic E-state index is 12.5. The highest BCUT2D eigenvalue weighted by Gasteiger charge is 2.12. The average Bonchev–Trinajstić information content (AvgIpc) is 2.91. The number of benzene rings is 1. The minimum absolute atomic E-state index is 0.249. The van der Waals surface area contributed by atoms with Crippen LogP contribution in [0, 0.1) is 18.3 Å². The third-order valence-corrected chi connectivity index (χ3v) is 3.85. The summed E-state index contributed by atoms with van der Waals surface area (Å²) in [6, 6.07) is 12.6. The molecular weight excluding hydrogens is 288 g/mol. The van der Waals surface area contributed by atoms with Crippen LogP contribution in [0.3, 0.4) is 0 Å². The summed E-state index contributed by atoms with van der Waals surface area (Å²) < 4.78 is 1.92. The Hall–Kier alpha value is -3.13. The Morgan fingerprint density at radius 1 is 1.30 bits per heavy atom. The summed E-state index contributed by atoms with van der Waals surface area (Å²) >= 11 is 0. The number of hydrogen-bond acceptors (Lipinski definition) is 3. The lowest BCUT2D eigenvalue weighted by molar-refractivity contribution is 0.102. The molecule has 3 rings (SSSR count). The number of anilines is 1. The normalized spacial score (nSPS) is 10.5. The van der Waals surface area contributed by atoms with Gasteiger partial charge < -0.3 is 9.72 Å². The second-order valence-electron chi connectivity index (χ2n) is 5.25. The SMILES string of the molecule is CCc1nc2ccc(C(=O)Nc3ccccc3C#N)cn2c1C. The first-order valence-corrected chi connectivity index (χ1v) is 7.42. The Balaban J connectivity index is 1.95. The summed E-state index contributed by atoms with van der Waals surface area (Å²) in [4.78, 5) is 17.0. The number of rotatable bonds is 3. The van der Waals surface area contributed by atoms with Crippen LogP contribution in [-0.4, -0.2) is 15.3 Å². The summed E-state index contributed by atoms with van der Waals surface area (Å²) in [5, 5.41) is 11.9. The van der Waals surface area contributed by atoms with Crippen LogP contribution >= 0.6 is 0 Å². The number of nitrogens with zero attached hydrogens (tertiary/aromatic N) is 3. The Labute approximate surface area is 134 Å². The molecule has 1 aromatic carbocycles. The van der Waals surface area contributed by atoms with E-state index in [9.17, 15) is 4.79 Å². The molecule has 0 spiro atoms. The van der Waals surface area contributed by atoms with Gasteiger partial charge in [-0.15, -0.1) is 0 Å². The highest BCUT2D eigenvalue weighted by Crippen LogP contribution is 2.17. The largest absolute Gasteiger partial charge is 0.321 e. The van der Waals surface area contributed by atoms with Crippen LogP contribution in [0.2, 0.25) is 0 Å². The molecule has 0 aliphatic heterocycles. The molecule has 2 heterocycles. The van der Waals surface area contributed by atoms with Crippen LogP contribution < -0.4 is 5.32 Å². The van der Waals surface area contributed by atoms with Gasteiger partial charge in [-0.3, -0.25) is 4.79 Å². The van der Waals surface area contributed by atoms with E-state index in [0.717, 1.165) is 23.5 Å². The molecule has 0 bridgehead atoms. The maximum absolute atomic E-state index is 12.5. The fourth-order valence-corrected chi connectivity index (χ4v) is 2.56. The molecule has 5 nitrogen and oxygen atoms in total. The fourth-order valence-electron chi connectivity index (χ4n) is 2.56. The predicted molar refractivity (Wildman–Crippen MR) is 88.4 cm³/mol. The molecule has 0 saturated heterocycles.